The maximum atomic E-state index is 13.1. The zero-order valence-electron chi connectivity index (χ0n) is 21.5. The smallest absolute Gasteiger partial charge is 0.339 e. The Morgan fingerprint density at radius 3 is 1.28 bits per heavy atom. The molecule has 1 rings (SSSR count). The summed E-state index contributed by atoms with van der Waals surface area (Å²) in [5.41, 5.74) is 5.54. The highest BCUT2D eigenvalue weighted by molar-refractivity contribution is 6.06. The Morgan fingerprint density at radius 2 is 0.875 bits per heavy atom. The summed E-state index contributed by atoms with van der Waals surface area (Å²) < 4.78 is 10.4. The van der Waals surface area contributed by atoms with Crippen LogP contribution >= 0.6 is 0 Å². The lowest BCUT2D eigenvalue weighted by Crippen LogP contribution is -2.22. The summed E-state index contributed by atoms with van der Waals surface area (Å²) in [5, 5.41) is 0. The third-order valence-corrected chi connectivity index (χ3v) is 6.29. The molecule has 0 radical (unpaired) electrons. The molecule has 0 spiro atoms. The quantitative estimate of drug-likeness (QED) is 0.196. The number of methoxy groups -OCH3 is 2. The van der Waals surface area contributed by atoms with Gasteiger partial charge in [0.25, 0.3) is 0 Å². The van der Waals surface area contributed by atoms with Crippen LogP contribution in [0, 0.1) is 0 Å². The van der Waals surface area contributed by atoms with Crippen LogP contribution in [0.15, 0.2) is 0 Å². The summed E-state index contributed by atoms with van der Waals surface area (Å²) in [5.74, 6) is -0.829. The highest BCUT2D eigenvalue weighted by Crippen LogP contribution is 2.34. The molecule has 1 aromatic carbocycles. The molecule has 0 aliphatic heterocycles. The minimum atomic E-state index is -0.418. The molecule has 1 aromatic rings. The minimum absolute atomic E-state index is 0.411. The van der Waals surface area contributed by atoms with E-state index < -0.39 is 11.9 Å². The zero-order valence-corrected chi connectivity index (χ0v) is 21.5. The van der Waals surface area contributed by atoms with Gasteiger partial charge >= 0.3 is 11.9 Å². The molecule has 4 nitrogen and oxygen atoms in total. The number of hydrogen-bond acceptors (Lipinski definition) is 4. The molecule has 32 heavy (non-hydrogen) atoms. The Kier molecular flexibility index (Phi) is 14.0. The molecule has 0 aliphatic rings. The second-order valence-corrected chi connectivity index (χ2v) is 8.77. The molecule has 182 valence electrons. The normalized spacial score (nSPS) is 10.9. The largest absolute Gasteiger partial charge is 0.465 e. The van der Waals surface area contributed by atoms with Gasteiger partial charge in [0.2, 0.25) is 0 Å². The van der Waals surface area contributed by atoms with Crippen LogP contribution in [0.2, 0.25) is 0 Å². The standard InChI is InChI=1S/C28H46O4/c1-7-11-13-15-19-22-21(17-9-3)23(18-10-4)25(27(29)31-5)26(28(30)32-6)24(22)20-16-14-12-8-2/h7-20H2,1-6H3. The van der Waals surface area contributed by atoms with E-state index in [0.29, 0.717) is 11.1 Å². The first-order valence-corrected chi connectivity index (χ1v) is 12.9. The predicted octanol–water partition coefficient (Wildman–Crippen LogP) is 7.41. The summed E-state index contributed by atoms with van der Waals surface area (Å²) in [4.78, 5) is 26.1. The van der Waals surface area contributed by atoms with Crippen LogP contribution in [-0.2, 0) is 35.2 Å². The number of carbonyl (C=O) groups is 2. The van der Waals surface area contributed by atoms with Gasteiger partial charge in [-0.05, 0) is 60.8 Å². The van der Waals surface area contributed by atoms with Crippen molar-refractivity contribution >= 4 is 11.9 Å². The number of unbranched alkanes of at least 4 members (excludes halogenated alkanes) is 6. The first-order valence-electron chi connectivity index (χ1n) is 12.9. The average molecular weight is 447 g/mol. The highest BCUT2D eigenvalue weighted by atomic mass is 16.5. The van der Waals surface area contributed by atoms with Crippen molar-refractivity contribution in [3.05, 3.63) is 33.4 Å². The van der Waals surface area contributed by atoms with Crippen molar-refractivity contribution in [3.63, 3.8) is 0 Å². The van der Waals surface area contributed by atoms with Gasteiger partial charge < -0.3 is 9.47 Å². The molecule has 0 aliphatic carbocycles. The molecular formula is C28H46O4. The number of esters is 2. The third-order valence-electron chi connectivity index (χ3n) is 6.29. The van der Waals surface area contributed by atoms with Crippen LogP contribution in [0.3, 0.4) is 0 Å². The fraction of sp³-hybridized carbons (Fsp3) is 0.714. The molecule has 4 heteroatoms. The molecular weight excluding hydrogens is 400 g/mol. The second kappa shape index (κ2) is 15.9. The van der Waals surface area contributed by atoms with Crippen molar-refractivity contribution in [2.24, 2.45) is 0 Å². The maximum absolute atomic E-state index is 13.1. The summed E-state index contributed by atoms with van der Waals surface area (Å²) in [6.07, 6.45) is 14.6. The van der Waals surface area contributed by atoms with E-state index in [4.69, 9.17) is 9.47 Å². The number of benzene rings is 1. The van der Waals surface area contributed by atoms with E-state index in [1.165, 1.54) is 51.0 Å². The number of carbonyl (C=O) groups excluding carboxylic acids is 2. The van der Waals surface area contributed by atoms with Crippen molar-refractivity contribution in [2.75, 3.05) is 14.2 Å². The van der Waals surface area contributed by atoms with Crippen molar-refractivity contribution in [2.45, 2.75) is 118 Å². The van der Waals surface area contributed by atoms with Crippen molar-refractivity contribution in [3.8, 4) is 0 Å². The molecule has 0 saturated heterocycles. The number of hydrogen-bond donors (Lipinski definition) is 0. The summed E-state index contributed by atoms with van der Waals surface area (Å²) in [6, 6.07) is 0. The lowest BCUT2D eigenvalue weighted by molar-refractivity contribution is 0.0552. The van der Waals surface area contributed by atoms with E-state index in [1.54, 1.807) is 0 Å². The Bertz CT molecular complexity index is 721. The van der Waals surface area contributed by atoms with Crippen LogP contribution in [0.5, 0.6) is 0 Å². The maximum Gasteiger partial charge on any atom is 0.339 e. The molecule has 0 bridgehead atoms. The van der Waals surface area contributed by atoms with Gasteiger partial charge in [-0.1, -0.05) is 79.1 Å². The van der Waals surface area contributed by atoms with Gasteiger partial charge in [-0.25, -0.2) is 9.59 Å². The van der Waals surface area contributed by atoms with E-state index in [-0.39, 0.29) is 0 Å². The Hall–Kier alpha value is -1.84. The van der Waals surface area contributed by atoms with Crippen molar-refractivity contribution < 1.29 is 19.1 Å². The SMILES string of the molecule is CCCCCCc1c(CCC)c(CCC)c(C(=O)OC)c(C(=O)OC)c1CCCCCC. The topological polar surface area (TPSA) is 52.6 Å². The summed E-state index contributed by atoms with van der Waals surface area (Å²) in [6.45, 7) is 8.73. The lowest BCUT2D eigenvalue weighted by atomic mass is 9.80. The lowest BCUT2D eigenvalue weighted by Gasteiger charge is -2.25. The van der Waals surface area contributed by atoms with Gasteiger partial charge in [0.15, 0.2) is 0 Å². The zero-order chi connectivity index (χ0) is 23.9. The van der Waals surface area contributed by atoms with Gasteiger partial charge in [-0.2, -0.15) is 0 Å². The first kappa shape index (κ1) is 28.2. The first-order chi connectivity index (χ1) is 15.5. The van der Waals surface area contributed by atoms with E-state index in [1.807, 2.05) is 0 Å². The monoisotopic (exact) mass is 446 g/mol. The van der Waals surface area contributed by atoms with Crippen molar-refractivity contribution in [1.29, 1.82) is 0 Å². The summed E-state index contributed by atoms with van der Waals surface area (Å²) in [7, 11) is 2.81. The van der Waals surface area contributed by atoms with E-state index in [9.17, 15) is 9.59 Å². The Balaban J connectivity index is 3.82. The van der Waals surface area contributed by atoms with E-state index >= 15 is 0 Å². The Morgan fingerprint density at radius 1 is 0.500 bits per heavy atom. The van der Waals surface area contributed by atoms with Crippen molar-refractivity contribution in [1.82, 2.24) is 0 Å². The molecule has 0 unspecified atom stereocenters. The fourth-order valence-corrected chi connectivity index (χ4v) is 4.73. The predicted molar refractivity (Wildman–Crippen MR) is 133 cm³/mol. The molecule has 0 amide bonds. The van der Waals surface area contributed by atoms with E-state index in [2.05, 4.69) is 27.7 Å². The number of ether oxygens (including phenoxy) is 2. The van der Waals surface area contributed by atoms with Gasteiger partial charge in [0, 0.05) is 0 Å². The van der Waals surface area contributed by atoms with Gasteiger partial charge in [-0.3, -0.25) is 0 Å². The van der Waals surface area contributed by atoms with Crippen LogP contribution in [-0.4, -0.2) is 26.2 Å². The van der Waals surface area contributed by atoms with Gasteiger partial charge in [0.05, 0.1) is 25.3 Å². The van der Waals surface area contributed by atoms with E-state index in [0.717, 1.165) is 75.3 Å². The van der Waals surface area contributed by atoms with Crippen LogP contribution in [0.4, 0.5) is 0 Å². The van der Waals surface area contributed by atoms with Crippen LogP contribution in [0.25, 0.3) is 0 Å². The van der Waals surface area contributed by atoms with Gasteiger partial charge in [0.1, 0.15) is 0 Å². The fourth-order valence-electron chi connectivity index (χ4n) is 4.73. The third kappa shape index (κ3) is 7.64. The molecule has 0 saturated carbocycles. The van der Waals surface area contributed by atoms with Gasteiger partial charge in [-0.15, -0.1) is 0 Å². The highest BCUT2D eigenvalue weighted by Gasteiger charge is 2.30. The van der Waals surface area contributed by atoms with Crippen LogP contribution in [0.1, 0.15) is 135 Å². The summed E-state index contributed by atoms with van der Waals surface area (Å²) >= 11 is 0. The Labute approximate surface area is 196 Å². The average Bonchev–Trinajstić information content (AvgIpc) is 2.80. The minimum Gasteiger partial charge on any atom is -0.465 e. The molecule has 0 atom stereocenters. The molecule has 0 aromatic heterocycles. The molecule has 0 heterocycles. The molecule has 0 fully saturated rings. The second-order valence-electron chi connectivity index (χ2n) is 8.77. The molecule has 0 N–H and O–H groups in total. The van der Waals surface area contributed by atoms with Crippen LogP contribution < -0.4 is 0 Å². The number of rotatable bonds is 16.